The second-order valence-corrected chi connectivity index (χ2v) is 4.52. The maximum Gasteiger partial charge on any atom is 0.187 e. The minimum absolute atomic E-state index is 0.553. The molecule has 80 valence electrons. The Balaban J connectivity index is 2.34. The van der Waals surface area contributed by atoms with Gasteiger partial charge < -0.3 is 5.32 Å². The molecule has 3 nitrogen and oxygen atoms in total. The number of hydrogen-bond acceptors (Lipinski definition) is 4. The molecule has 0 atom stereocenters. The molecule has 1 aromatic carbocycles. The van der Waals surface area contributed by atoms with Gasteiger partial charge in [0.05, 0.1) is 16.9 Å². The molecular formula is C11H8ClN3S. The molecule has 0 unspecified atom stereocenters. The molecule has 0 bridgehead atoms. The van der Waals surface area contributed by atoms with Crippen LogP contribution in [0.15, 0.2) is 23.6 Å². The molecule has 16 heavy (non-hydrogen) atoms. The van der Waals surface area contributed by atoms with Gasteiger partial charge in [-0.05, 0) is 25.1 Å². The summed E-state index contributed by atoms with van der Waals surface area (Å²) < 4.78 is 0. The van der Waals surface area contributed by atoms with Gasteiger partial charge in [0.15, 0.2) is 5.13 Å². The van der Waals surface area contributed by atoms with Crippen LogP contribution in [0.3, 0.4) is 0 Å². The first-order chi connectivity index (χ1) is 7.69. The third kappa shape index (κ3) is 2.32. The van der Waals surface area contributed by atoms with Crippen LogP contribution in [-0.4, -0.2) is 4.98 Å². The van der Waals surface area contributed by atoms with Gasteiger partial charge >= 0.3 is 0 Å². The van der Waals surface area contributed by atoms with E-state index in [1.807, 2.05) is 12.3 Å². The summed E-state index contributed by atoms with van der Waals surface area (Å²) in [6.45, 7) is 1.92. The number of rotatable bonds is 2. The summed E-state index contributed by atoms with van der Waals surface area (Å²) in [5.41, 5.74) is 2.19. The SMILES string of the molecule is Cc1csc(Nc2cc(Cl)ccc2C#N)n1. The molecule has 0 aliphatic carbocycles. The number of nitriles is 1. The van der Waals surface area contributed by atoms with Gasteiger partial charge in [-0.3, -0.25) is 0 Å². The zero-order chi connectivity index (χ0) is 11.5. The smallest absolute Gasteiger partial charge is 0.187 e. The van der Waals surface area contributed by atoms with Crippen molar-refractivity contribution in [2.24, 2.45) is 0 Å². The predicted octanol–water partition coefficient (Wildman–Crippen LogP) is 3.72. The Labute approximate surface area is 102 Å². The van der Waals surface area contributed by atoms with Crippen LogP contribution in [-0.2, 0) is 0 Å². The van der Waals surface area contributed by atoms with Crippen LogP contribution < -0.4 is 5.32 Å². The summed E-state index contributed by atoms with van der Waals surface area (Å²) in [4.78, 5) is 4.27. The van der Waals surface area contributed by atoms with Crippen molar-refractivity contribution in [1.29, 1.82) is 5.26 Å². The molecule has 2 aromatic rings. The Morgan fingerprint density at radius 1 is 1.50 bits per heavy atom. The first kappa shape index (κ1) is 10.9. The summed E-state index contributed by atoms with van der Waals surface area (Å²) in [5.74, 6) is 0. The van der Waals surface area contributed by atoms with E-state index >= 15 is 0 Å². The fourth-order valence-electron chi connectivity index (χ4n) is 1.24. The first-order valence-electron chi connectivity index (χ1n) is 4.58. The highest BCUT2D eigenvalue weighted by Gasteiger charge is 2.05. The van der Waals surface area contributed by atoms with Crippen molar-refractivity contribution in [2.45, 2.75) is 6.92 Å². The predicted molar refractivity (Wildman–Crippen MR) is 66.3 cm³/mol. The standard InChI is InChI=1S/C11H8ClN3S/c1-7-6-16-11(14-7)15-10-4-9(12)3-2-8(10)5-13/h2-4,6H,1H3,(H,14,15). The van der Waals surface area contributed by atoms with Crippen LogP contribution in [0.25, 0.3) is 0 Å². The van der Waals surface area contributed by atoms with Crippen LogP contribution in [0.2, 0.25) is 5.02 Å². The van der Waals surface area contributed by atoms with Gasteiger partial charge in [-0.15, -0.1) is 11.3 Å². The number of hydrogen-bond donors (Lipinski definition) is 1. The number of nitrogens with one attached hydrogen (secondary N) is 1. The highest BCUT2D eigenvalue weighted by Crippen LogP contribution is 2.25. The Kier molecular flexibility index (Phi) is 3.09. The topological polar surface area (TPSA) is 48.7 Å². The summed E-state index contributed by atoms with van der Waals surface area (Å²) in [6.07, 6.45) is 0. The van der Waals surface area contributed by atoms with Crippen molar-refractivity contribution in [2.75, 3.05) is 5.32 Å². The van der Waals surface area contributed by atoms with Crippen molar-refractivity contribution < 1.29 is 0 Å². The van der Waals surface area contributed by atoms with Gasteiger partial charge in [-0.25, -0.2) is 4.98 Å². The van der Waals surface area contributed by atoms with E-state index < -0.39 is 0 Å². The highest BCUT2D eigenvalue weighted by atomic mass is 35.5. The fraction of sp³-hybridized carbons (Fsp3) is 0.0909. The quantitative estimate of drug-likeness (QED) is 0.883. The molecule has 0 radical (unpaired) electrons. The summed E-state index contributed by atoms with van der Waals surface area (Å²) in [7, 11) is 0. The lowest BCUT2D eigenvalue weighted by atomic mass is 10.2. The lowest BCUT2D eigenvalue weighted by molar-refractivity contribution is 1.26. The molecule has 0 spiro atoms. The van der Waals surface area contributed by atoms with E-state index in [1.54, 1.807) is 18.2 Å². The molecule has 0 fully saturated rings. The number of halogens is 1. The second kappa shape index (κ2) is 4.52. The normalized spacial score (nSPS) is 9.81. The van der Waals surface area contributed by atoms with Crippen molar-refractivity contribution in [3.05, 3.63) is 39.9 Å². The van der Waals surface area contributed by atoms with Crippen LogP contribution in [0, 0.1) is 18.3 Å². The van der Waals surface area contributed by atoms with E-state index in [1.165, 1.54) is 11.3 Å². The largest absolute Gasteiger partial charge is 0.330 e. The van der Waals surface area contributed by atoms with E-state index in [4.69, 9.17) is 16.9 Å². The minimum Gasteiger partial charge on any atom is -0.330 e. The summed E-state index contributed by atoms with van der Waals surface area (Å²) >= 11 is 7.37. The molecule has 2 rings (SSSR count). The van der Waals surface area contributed by atoms with Gasteiger partial charge in [0.2, 0.25) is 0 Å². The molecule has 0 saturated carbocycles. The molecule has 0 amide bonds. The number of benzene rings is 1. The average Bonchev–Trinajstić information content (AvgIpc) is 2.64. The maximum atomic E-state index is 8.94. The van der Waals surface area contributed by atoms with Crippen LogP contribution in [0.4, 0.5) is 10.8 Å². The van der Waals surface area contributed by atoms with Crippen LogP contribution in [0.1, 0.15) is 11.3 Å². The molecule has 1 heterocycles. The zero-order valence-corrected chi connectivity index (χ0v) is 10.1. The monoisotopic (exact) mass is 249 g/mol. The van der Waals surface area contributed by atoms with Gasteiger partial charge in [0, 0.05) is 10.4 Å². The number of aryl methyl sites for hydroxylation is 1. The third-order valence-corrected chi connectivity index (χ3v) is 3.07. The van der Waals surface area contributed by atoms with Crippen molar-refractivity contribution in [1.82, 2.24) is 4.98 Å². The van der Waals surface area contributed by atoms with Crippen LogP contribution in [0.5, 0.6) is 0 Å². The lowest BCUT2D eigenvalue weighted by Crippen LogP contribution is -1.93. The fourth-order valence-corrected chi connectivity index (χ4v) is 2.12. The Morgan fingerprint density at radius 3 is 2.94 bits per heavy atom. The molecule has 1 N–H and O–H groups in total. The van der Waals surface area contributed by atoms with E-state index in [2.05, 4.69) is 16.4 Å². The average molecular weight is 250 g/mol. The molecule has 0 aliphatic heterocycles. The molecule has 5 heteroatoms. The van der Waals surface area contributed by atoms with Gasteiger partial charge in [-0.1, -0.05) is 11.6 Å². The molecular weight excluding hydrogens is 242 g/mol. The van der Waals surface area contributed by atoms with E-state index in [-0.39, 0.29) is 0 Å². The second-order valence-electron chi connectivity index (χ2n) is 3.22. The van der Waals surface area contributed by atoms with Crippen LogP contribution >= 0.6 is 22.9 Å². The van der Waals surface area contributed by atoms with Crippen molar-refractivity contribution >= 4 is 33.8 Å². The molecule has 0 aliphatic rings. The van der Waals surface area contributed by atoms with Crippen molar-refractivity contribution in [3.63, 3.8) is 0 Å². The minimum atomic E-state index is 0.553. The van der Waals surface area contributed by atoms with E-state index in [9.17, 15) is 0 Å². The van der Waals surface area contributed by atoms with Gasteiger partial charge in [-0.2, -0.15) is 5.26 Å². The van der Waals surface area contributed by atoms with Gasteiger partial charge in [0.25, 0.3) is 0 Å². The lowest BCUT2D eigenvalue weighted by Gasteiger charge is -2.04. The zero-order valence-electron chi connectivity index (χ0n) is 8.49. The Morgan fingerprint density at radius 2 is 2.31 bits per heavy atom. The number of aromatic nitrogens is 1. The maximum absolute atomic E-state index is 8.94. The number of nitrogens with zero attached hydrogens (tertiary/aromatic N) is 2. The van der Waals surface area contributed by atoms with Gasteiger partial charge in [0.1, 0.15) is 6.07 Å². The number of anilines is 2. The first-order valence-corrected chi connectivity index (χ1v) is 5.83. The Hall–Kier alpha value is -1.57. The van der Waals surface area contributed by atoms with E-state index in [0.717, 1.165) is 10.8 Å². The Bertz CT molecular complexity index is 557. The summed E-state index contributed by atoms with van der Waals surface area (Å²) in [6, 6.07) is 7.20. The molecule has 1 aromatic heterocycles. The third-order valence-electron chi connectivity index (χ3n) is 1.96. The van der Waals surface area contributed by atoms with E-state index in [0.29, 0.717) is 16.3 Å². The molecule has 0 saturated heterocycles. The van der Waals surface area contributed by atoms with Crippen molar-refractivity contribution in [3.8, 4) is 6.07 Å². The number of thiazole rings is 1. The summed E-state index contributed by atoms with van der Waals surface area (Å²) in [5, 5.41) is 15.3. The highest BCUT2D eigenvalue weighted by molar-refractivity contribution is 7.13.